The molecule has 0 aliphatic carbocycles. The zero-order valence-electron chi connectivity index (χ0n) is 14.7. The SMILES string of the molecule is COc1ccc(NC(=O)NC2CC(=O)N(c3cccc(OC)c3)C2)cc1. The van der Waals surface area contributed by atoms with Crippen molar-refractivity contribution in [2.24, 2.45) is 0 Å². The van der Waals surface area contributed by atoms with Gasteiger partial charge >= 0.3 is 6.03 Å². The highest BCUT2D eigenvalue weighted by molar-refractivity contribution is 5.97. The first kappa shape index (κ1) is 17.6. The summed E-state index contributed by atoms with van der Waals surface area (Å²) in [5.74, 6) is 1.36. The van der Waals surface area contributed by atoms with Crippen molar-refractivity contribution in [2.45, 2.75) is 12.5 Å². The molecular weight excluding hydrogens is 334 g/mol. The molecule has 1 heterocycles. The summed E-state index contributed by atoms with van der Waals surface area (Å²) in [7, 11) is 3.17. The lowest BCUT2D eigenvalue weighted by Gasteiger charge is -2.18. The Morgan fingerprint density at radius 1 is 1.08 bits per heavy atom. The number of rotatable bonds is 5. The number of hydrogen-bond acceptors (Lipinski definition) is 4. The van der Waals surface area contributed by atoms with E-state index in [1.165, 1.54) is 0 Å². The molecule has 0 bridgehead atoms. The van der Waals surface area contributed by atoms with Gasteiger partial charge in [-0.1, -0.05) is 6.07 Å². The van der Waals surface area contributed by atoms with Gasteiger partial charge in [-0.05, 0) is 36.4 Å². The van der Waals surface area contributed by atoms with Gasteiger partial charge in [-0.2, -0.15) is 0 Å². The lowest BCUT2D eigenvalue weighted by molar-refractivity contribution is -0.117. The maximum atomic E-state index is 12.3. The summed E-state index contributed by atoms with van der Waals surface area (Å²) in [6, 6.07) is 13.7. The molecule has 1 atom stereocenters. The number of urea groups is 1. The van der Waals surface area contributed by atoms with E-state index in [0.717, 1.165) is 5.69 Å². The molecule has 7 nitrogen and oxygen atoms in total. The average molecular weight is 355 g/mol. The third-order valence-corrected chi connectivity index (χ3v) is 4.17. The molecule has 1 saturated heterocycles. The molecule has 1 aliphatic heterocycles. The molecule has 2 aromatic rings. The minimum absolute atomic E-state index is 0.0343. The number of carbonyl (C=O) groups excluding carboxylic acids is 2. The first-order valence-corrected chi connectivity index (χ1v) is 8.25. The van der Waals surface area contributed by atoms with Crippen LogP contribution in [0.1, 0.15) is 6.42 Å². The van der Waals surface area contributed by atoms with Gasteiger partial charge in [0.25, 0.3) is 0 Å². The molecule has 3 amide bonds. The Bertz CT molecular complexity index is 792. The van der Waals surface area contributed by atoms with E-state index in [1.54, 1.807) is 49.5 Å². The smallest absolute Gasteiger partial charge is 0.319 e. The molecule has 136 valence electrons. The Kier molecular flexibility index (Phi) is 5.26. The molecule has 3 rings (SSSR count). The van der Waals surface area contributed by atoms with E-state index in [1.807, 2.05) is 18.2 Å². The van der Waals surface area contributed by atoms with Crippen LogP contribution in [-0.2, 0) is 4.79 Å². The number of hydrogen-bond donors (Lipinski definition) is 2. The number of ether oxygens (including phenoxy) is 2. The van der Waals surface area contributed by atoms with Crippen LogP contribution in [-0.4, -0.2) is 38.7 Å². The normalized spacial score (nSPS) is 16.3. The van der Waals surface area contributed by atoms with E-state index in [0.29, 0.717) is 23.7 Å². The molecule has 1 fully saturated rings. The maximum absolute atomic E-state index is 12.3. The van der Waals surface area contributed by atoms with E-state index in [2.05, 4.69) is 10.6 Å². The van der Waals surface area contributed by atoms with Gasteiger partial charge in [-0.15, -0.1) is 0 Å². The molecule has 0 spiro atoms. The van der Waals surface area contributed by atoms with Crippen LogP contribution in [0.15, 0.2) is 48.5 Å². The highest BCUT2D eigenvalue weighted by Gasteiger charge is 2.31. The van der Waals surface area contributed by atoms with Crippen molar-refractivity contribution in [1.82, 2.24) is 5.32 Å². The second-order valence-electron chi connectivity index (χ2n) is 5.93. The number of amides is 3. The highest BCUT2D eigenvalue weighted by atomic mass is 16.5. The first-order valence-electron chi connectivity index (χ1n) is 8.25. The largest absolute Gasteiger partial charge is 0.497 e. The predicted octanol–water partition coefficient (Wildman–Crippen LogP) is 2.63. The van der Waals surface area contributed by atoms with Gasteiger partial charge in [0.15, 0.2) is 0 Å². The van der Waals surface area contributed by atoms with Crippen LogP contribution in [0, 0.1) is 0 Å². The molecule has 2 aromatic carbocycles. The van der Waals surface area contributed by atoms with Crippen LogP contribution in [0.2, 0.25) is 0 Å². The molecular formula is C19H21N3O4. The zero-order chi connectivity index (χ0) is 18.5. The number of nitrogens with zero attached hydrogens (tertiary/aromatic N) is 1. The lowest BCUT2D eigenvalue weighted by Crippen LogP contribution is -2.39. The summed E-state index contributed by atoms with van der Waals surface area (Å²) < 4.78 is 10.3. The monoisotopic (exact) mass is 355 g/mol. The highest BCUT2D eigenvalue weighted by Crippen LogP contribution is 2.25. The van der Waals surface area contributed by atoms with E-state index in [4.69, 9.17) is 9.47 Å². The minimum Gasteiger partial charge on any atom is -0.497 e. The molecule has 7 heteroatoms. The number of anilines is 2. The van der Waals surface area contributed by atoms with Gasteiger partial charge in [-0.3, -0.25) is 4.79 Å². The van der Waals surface area contributed by atoms with Gasteiger partial charge < -0.3 is 25.0 Å². The number of methoxy groups -OCH3 is 2. The van der Waals surface area contributed by atoms with Crippen LogP contribution in [0.4, 0.5) is 16.2 Å². The fourth-order valence-electron chi connectivity index (χ4n) is 2.86. The van der Waals surface area contributed by atoms with E-state index in [-0.39, 0.29) is 24.4 Å². The summed E-state index contributed by atoms with van der Waals surface area (Å²) in [5.41, 5.74) is 1.41. The summed E-state index contributed by atoms with van der Waals surface area (Å²) >= 11 is 0. The van der Waals surface area contributed by atoms with Crippen molar-refractivity contribution in [2.75, 3.05) is 31.0 Å². The molecule has 0 saturated carbocycles. The molecule has 0 radical (unpaired) electrons. The van der Waals surface area contributed by atoms with Gasteiger partial charge in [-0.25, -0.2) is 4.79 Å². The molecule has 2 N–H and O–H groups in total. The standard InChI is InChI=1S/C19H21N3O4/c1-25-16-8-6-13(7-9-16)20-19(24)21-14-10-18(23)22(12-14)15-4-3-5-17(11-15)26-2/h3-9,11,14H,10,12H2,1-2H3,(H2,20,21,24). The zero-order valence-corrected chi connectivity index (χ0v) is 14.7. The summed E-state index contributed by atoms with van der Waals surface area (Å²) in [4.78, 5) is 26.1. The second-order valence-corrected chi connectivity index (χ2v) is 5.93. The first-order chi connectivity index (χ1) is 12.6. The minimum atomic E-state index is -0.347. The van der Waals surface area contributed by atoms with Crippen molar-refractivity contribution < 1.29 is 19.1 Å². The van der Waals surface area contributed by atoms with Gasteiger partial charge in [0.05, 0.1) is 20.3 Å². The molecule has 1 unspecified atom stereocenters. The third-order valence-electron chi connectivity index (χ3n) is 4.17. The van der Waals surface area contributed by atoms with Gasteiger partial charge in [0.1, 0.15) is 11.5 Å². The maximum Gasteiger partial charge on any atom is 0.319 e. The summed E-state index contributed by atoms with van der Waals surface area (Å²) in [5, 5.41) is 5.59. The average Bonchev–Trinajstić information content (AvgIpc) is 3.02. The van der Waals surface area contributed by atoms with Crippen LogP contribution < -0.4 is 25.0 Å². The summed E-state index contributed by atoms with van der Waals surface area (Å²) in [6.45, 7) is 0.419. The molecule has 26 heavy (non-hydrogen) atoms. The molecule has 0 aromatic heterocycles. The Morgan fingerprint density at radius 2 is 1.81 bits per heavy atom. The van der Waals surface area contributed by atoms with Crippen molar-refractivity contribution in [3.63, 3.8) is 0 Å². The van der Waals surface area contributed by atoms with Gasteiger partial charge in [0, 0.05) is 30.4 Å². The van der Waals surface area contributed by atoms with E-state index < -0.39 is 0 Å². The van der Waals surface area contributed by atoms with Crippen LogP contribution in [0.25, 0.3) is 0 Å². The quantitative estimate of drug-likeness (QED) is 0.864. The van der Waals surface area contributed by atoms with Gasteiger partial charge in [0.2, 0.25) is 5.91 Å². The van der Waals surface area contributed by atoms with Crippen molar-refractivity contribution in [3.05, 3.63) is 48.5 Å². The topological polar surface area (TPSA) is 79.9 Å². The predicted molar refractivity (Wildman–Crippen MR) is 98.9 cm³/mol. The van der Waals surface area contributed by atoms with Crippen LogP contribution in [0.5, 0.6) is 11.5 Å². The number of nitrogens with one attached hydrogen (secondary N) is 2. The lowest BCUT2D eigenvalue weighted by atomic mass is 10.2. The van der Waals surface area contributed by atoms with Crippen LogP contribution in [0.3, 0.4) is 0 Å². The molecule has 1 aliphatic rings. The Morgan fingerprint density at radius 3 is 2.50 bits per heavy atom. The van der Waals surface area contributed by atoms with E-state index >= 15 is 0 Å². The second kappa shape index (κ2) is 7.77. The fourth-order valence-corrected chi connectivity index (χ4v) is 2.86. The summed E-state index contributed by atoms with van der Waals surface area (Å²) in [6.07, 6.45) is 0.257. The van der Waals surface area contributed by atoms with Crippen molar-refractivity contribution in [1.29, 1.82) is 0 Å². The Balaban J connectivity index is 1.58. The Labute approximate surface area is 151 Å². The van der Waals surface area contributed by atoms with Crippen LogP contribution >= 0.6 is 0 Å². The van der Waals surface area contributed by atoms with E-state index in [9.17, 15) is 9.59 Å². The Hall–Kier alpha value is -3.22. The number of carbonyl (C=O) groups is 2. The third kappa shape index (κ3) is 4.05. The van der Waals surface area contributed by atoms with Crippen molar-refractivity contribution in [3.8, 4) is 11.5 Å². The fraction of sp³-hybridized carbons (Fsp3) is 0.263. The number of benzene rings is 2. The van der Waals surface area contributed by atoms with Crippen molar-refractivity contribution >= 4 is 23.3 Å².